The Bertz CT molecular complexity index is 345. The van der Waals surface area contributed by atoms with Crippen LogP contribution in [-0.2, 0) is 11.8 Å². The maximum atomic E-state index is 3.50. The molecule has 1 aromatic carbocycles. The van der Waals surface area contributed by atoms with Crippen LogP contribution in [0.25, 0.3) is 0 Å². The van der Waals surface area contributed by atoms with Gasteiger partial charge in [0.1, 0.15) is 0 Å². The lowest BCUT2D eigenvalue weighted by Gasteiger charge is -2.22. The van der Waals surface area contributed by atoms with E-state index in [-0.39, 0.29) is 5.41 Å². The van der Waals surface area contributed by atoms with Crippen LogP contribution < -0.4 is 5.32 Å². The Morgan fingerprint density at radius 1 is 1.06 bits per heavy atom. The van der Waals surface area contributed by atoms with Crippen LogP contribution >= 0.6 is 0 Å². The minimum absolute atomic E-state index is 0.251. The zero-order valence-electron chi connectivity index (χ0n) is 12.9. The molecule has 1 aromatic rings. The van der Waals surface area contributed by atoms with Crippen molar-refractivity contribution in [3.8, 4) is 0 Å². The lowest BCUT2D eigenvalue weighted by molar-refractivity contribution is 0.406. The first-order valence-electron chi connectivity index (χ1n) is 7.17. The highest BCUT2D eigenvalue weighted by Crippen LogP contribution is 2.23. The molecule has 0 saturated carbocycles. The van der Waals surface area contributed by atoms with Crippen molar-refractivity contribution < 1.29 is 0 Å². The van der Waals surface area contributed by atoms with E-state index in [4.69, 9.17) is 0 Å². The fraction of sp³-hybridized carbons (Fsp3) is 0.647. The molecule has 2 unspecified atom stereocenters. The maximum absolute atomic E-state index is 3.50. The topological polar surface area (TPSA) is 12.0 Å². The summed E-state index contributed by atoms with van der Waals surface area (Å²) < 4.78 is 0. The third-order valence-corrected chi connectivity index (χ3v) is 3.76. The van der Waals surface area contributed by atoms with Crippen LogP contribution in [0.1, 0.15) is 52.7 Å². The van der Waals surface area contributed by atoms with Crippen molar-refractivity contribution >= 4 is 0 Å². The van der Waals surface area contributed by atoms with Gasteiger partial charge in [0.2, 0.25) is 0 Å². The number of benzene rings is 1. The molecule has 18 heavy (non-hydrogen) atoms. The summed E-state index contributed by atoms with van der Waals surface area (Å²) in [6.07, 6.45) is 1.15. The molecule has 0 aliphatic carbocycles. The lowest BCUT2D eigenvalue weighted by atomic mass is 9.85. The van der Waals surface area contributed by atoms with Gasteiger partial charge in [-0.15, -0.1) is 0 Å². The highest BCUT2D eigenvalue weighted by Gasteiger charge is 2.14. The van der Waals surface area contributed by atoms with E-state index in [1.807, 2.05) is 0 Å². The summed E-state index contributed by atoms with van der Waals surface area (Å²) in [4.78, 5) is 0. The van der Waals surface area contributed by atoms with Crippen LogP contribution in [0.4, 0.5) is 0 Å². The molecular formula is C17H29N. The Kier molecular flexibility index (Phi) is 5.40. The van der Waals surface area contributed by atoms with E-state index < -0.39 is 0 Å². The summed E-state index contributed by atoms with van der Waals surface area (Å²) in [5.41, 5.74) is 3.11. The molecule has 1 heteroatoms. The van der Waals surface area contributed by atoms with Gasteiger partial charge in [-0.3, -0.25) is 0 Å². The van der Waals surface area contributed by atoms with Gasteiger partial charge in [0.15, 0.2) is 0 Å². The minimum Gasteiger partial charge on any atom is -0.314 e. The van der Waals surface area contributed by atoms with Gasteiger partial charge in [0, 0.05) is 6.04 Å². The smallest absolute Gasteiger partial charge is 0.00674 e. The Hall–Kier alpha value is -0.820. The molecule has 0 aliphatic rings. The predicted octanol–water partition coefficient (Wildman–Crippen LogP) is 4.16. The highest BCUT2D eigenvalue weighted by atomic mass is 14.9. The van der Waals surface area contributed by atoms with E-state index >= 15 is 0 Å². The highest BCUT2D eigenvalue weighted by molar-refractivity contribution is 5.27. The van der Waals surface area contributed by atoms with Crippen molar-refractivity contribution in [2.75, 3.05) is 6.54 Å². The molecule has 102 valence electrons. The van der Waals surface area contributed by atoms with Gasteiger partial charge in [0.25, 0.3) is 0 Å². The third-order valence-electron chi connectivity index (χ3n) is 3.76. The summed E-state index contributed by atoms with van der Waals surface area (Å²) in [5, 5.41) is 3.50. The van der Waals surface area contributed by atoms with E-state index in [1.54, 1.807) is 0 Å². The van der Waals surface area contributed by atoms with Crippen molar-refractivity contribution in [3.63, 3.8) is 0 Å². The Labute approximate surface area is 113 Å². The quantitative estimate of drug-likeness (QED) is 0.824. The molecule has 0 saturated heterocycles. The average Bonchev–Trinajstić information content (AvgIpc) is 2.28. The molecule has 0 spiro atoms. The van der Waals surface area contributed by atoms with Gasteiger partial charge >= 0.3 is 0 Å². The summed E-state index contributed by atoms with van der Waals surface area (Å²) in [5.74, 6) is 0.672. The van der Waals surface area contributed by atoms with Crippen LogP contribution in [-0.4, -0.2) is 12.6 Å². The minimum atomic E-state index is 0.251. The standard InChI is InChI=1S/C17H29N/c1-7-18-14(3)13(2)12-15-8-10-16(11-9-15)17(4,5)6/h8-11,13-14,18H,7,12H2,1-6H3. The Morgan fingerprint density at radius 3 is 2.06 bits per heavy atom. The van der Waals surface area contributed by atoms with Crippen LogP contribution in [0.5, 0.6) is 0 Å². The fourth-order valence-corrected chi connectivity index (χ4v) is 2.21. The predicted molar refractivity (Wildman–Crippen MR) is 81.1 cm³/mol. The summed E-state index contributed by atoms with van der Waals surface area (Å²) >= 11 is 0. The van der Waals surface area contributed by atoms with E-state index in [2.05, 4.69) is 71.1 Å². The van der Waals surface area contributed by atoms with Crippen molar-refractivity contribution in [1.82, 2.24) is 5.32 Å². The lowest BCUT2D eigenvalue weighted by Crippen LogP contribution is -2.32. The molecule has 1 nitrogen and oxygen atoms in total. The van der Waals surface area contributed by atoms with Gasteiger partial charge in [-0.25, -0.2) is 0 Å². The van der Waals surface area contributed by atoms with Gasteiger partial charge in [-0.1, -0.05) is 58.9 Å². The van der Waals surface area contributed by atoms with Crippen molar-refractivity contribution in [2.45, 2.75) is 59.4 Å². The zero-order valence-corrected chi connectivity index (χ0v) is 12.9. The Balaban J connectivity index is 2.64. The van der Waals surface area contributed by atoms with E-state index in [9.17, 15) is 0 Å². The van der Waals surface area contributed by atoms with Crippen LogP contribution in [0, 0.1) is 5.92 Å². The molecule has 0 bridgehead atoms. The van der Waals surface area contributed by atoms with Crippen molar-refractivity contribution in [2.24, 2.45) is 5.92 Å². The molecule has 0 fully saturated rings. The first kappa shape index (κ1) is 15.2. The summed E-state index contributed by atoms with van der Waals surface area (Å²) in [7, 11) is 0. The Morgan fingerprint density at radius 2 is 1.61 bits per heavy atom. The average molecular weight is 247 g/mol. The largest absolute Gasteiger partial charge is 0.314 e. The number of hydrogen-bond acceptors (Lipinski definition) is 1. The molecule has 0 heterocycles. The number of rotatable bonds is 5. The zero-order chi connectivity index (χ0) is 13.8. The monoisotopic (exact) mass is 247 g/mol. The summed E-state index contributed by atoms with van der Waals surface area (Å²) in [6, 6.07) is 9.71. The van der Waals surface area contributed by atoms with Crippen molar-refractivity contribution in [1.29, 1.82) is 0 Å². The molecular weight excluding hydrogens is 218 g/mol. The molecule has 0 radical (unpaired) electrons. The number of hydrogen-bond donors (Lipinski definition) is 1. The maximum Gasteiger partial charge on any atom is 0.00674 e. The van der Waals surface area contributed by atoms with E-state index in [0.29, 0.717) is 12.0 Å². The van der Waals surface area contributed by atoms with Crippen LogP contribution in [0.2, 0.25) is 0 Å². The van der Waals surface area contributed by atoms with Gasteiger partial charge in [-0.2, -0.15) is 0 Å². The first-order chi connectivity index (χ1) is 8.34. The van der Waals surface area contributed by atoms with Crippen molar-refractivity contribution in [3.05, 3.63) is 35.4 Å². The molecule has 0 amide bonds. The third kappa shape index (κ3) is 4.45. The van der Waals surface area contributed by atoms with E-state index in [1.165, 1.54) is 11.1 Å². The summed E-state index contributed by atoms with van der Waals surface area (Å²) in [6.45, 7) is 14.6. The second-order valence-electron chi connectivity index (χ2n) is 6.47. The van der Waals surface area contributed by atoms with Crippen LogP contribution in [0.3, 0.4) is 0 Å². The second kappa shape index (κ2) is 6.38. The molecule has 0 aromatic heterocycles. The van der Waals surface area contributed by atoms with Gasteiger partial charge < -0.3 is 5.32 Å². The molecule has 0 aliphatic heterocycles. The van der Waals surface area contributed by atoms with E-state index in [0.717, 1.165) is 13.0 Å². The molecule has 1 N–H and O–H groups in total. The molecule has 1 rings (SSSR count). The number of nitrogens with one attached hydrogen (secondary N) is 1. The van der Waals surface area contributed by atoms with Crippen LogP contribution in [0.15, 0.2) is 24.3 Å². The second-order valence-corrected chi connectivity index (χ2v) is 6.47. The first-order valence-corrected chi connectivity index (χ1v) is 7.17. The normalized spacial score (nSPS) is 15.4. The fourth-order valence-electron chi connectivity index (χ4n) is 2.21. The van der Waals surface area contributed by atoms with Gasteiger partial charge in [-0.05, 0) is 42.3 Å². The SMILES string of the molecule is CCNC(C)C(C)Cc1ccc(C(C)(C)C)cc1. The molecule has 2 atom stereocenters. The van der Waals surface area contributed by atoms with Gasteiger partial charge in [0.05, 0.1) is 0 Å².